The Hall–Kier alpha value is -2.93. The highest BCUT2D eigenvalue weighted by atomic mass is 19.1. The number of carbonyl (C=O) groups is 1. The van der Waals surface area contributed by atoms with Crippen molar-refractivity contribution >= 4 is 17.0 Å². The molecule has 0 radical (unpaired) electrons. The van der Waals surface area contributed by atoms with Gasteiger partial charge in [0, 0.05) is 44.2 Å². The summed E-state index contributed by atoms with van der Waals surface area (Å²) in [5.41, 5.74) is 1.93. The molecule has 1 saturated heterocycles. The van der Waals surface area contributed by atoms with E-state index in [1.54, 1.807) is 31.4 Å². The highest BCUT2D eigenvalue weighted by Gasteiger charge is 2.25. The normalized spacial score (nSPS) is 16.7. The number of rotatable bonds is 7. The van der Waals surface area contributed by atoms with Crippen molar-refractivity contribution in [3.8, 4) is 5.75 Å². The van der Waals surface area contributed by atoms with Crippen LogP contribution < -0.4 is 4.74 Å². The number of benzene rings is 2. The zero-order valence-electron chi connectivity index (χ0n) is 17.0. The first kappa shape index (κ1) is 20.3. The van der Waals surface area contributed by atoms with E-state index in [9.17, 15) is 9.18 Å². The van der Waals surface area contributed by atoms with Gasteiger partial charge in [0.1, 0.15) is 17.1 Å². The zero-order valence-corrected chi connectivity index (χ0v) is 17.0. The Morgan fingerprint density at radius 2 is 2.20 bits per heavy atom. The molecule has 1 amide bonds. The summed E-state index contributed by atoms with van der Waals surface area (Å²) in [6, 6.07) is 11.5. The molecule has 2 aromatic carbocycles. The summed E-state index contributed by atoms with van der Waals surface area (Å²) in [6.07, 6.45) is 2.48. The maximum absolute atomic E-state index is 13.3. The van der Waals surface area contributed by atoms with Gasteiger partial charge in [-0.1, -0.05) is 6.07 Å². The molecule has 1 fully saturated rings. The van der Waals surface area contributed by atoms with E-state index in [-0.39, 0.29) is 17.6 Å². The van der Waals surface area contributed by atoms with Gasteiger partial charge >= 0.3 is 0 Å². The first-order valence-corrected chi connectivity index (χ1v) is 10.2. The molecular weight excluding hydrogens is 387 g/mol. The van der Waals surface area contributed by atoms with Gasteiger partial charge in [-0.3, -0.25) is 4.79 Å². The number of piperidine rings is 1. The number of oxazole rings is 1. The van der Waals surface area contributed by atoms with Crippen LogP contribution in [0.15, 0.2) is 46.9 Å². The van der Waals surface area contributed by atoms with Crippen molar-refractivity contribution in [3.63, 3.8) is 0 Å². The molecule has 0 bridgehead atoms. The van der Waals surface area contributed by atoms with E-state index >= 15 is 0 Å². The largest absolute Gasteiger partial charge is 0.493 e. The summed E-state index contributed by atoms with van der Waals surface area (Å²) >= 11 is 0. The highest BCUT2D eigenvalue weighted by Crippen LogP contribution is 2.23. The smallest absolute Gasteiger partial charge is 0.254 e. The number of halogens is 1. The zero-order chi connectivity index (χ0) is 20.9. The molecule has 0 saturated carbocycles. The summed E-state index contributed by atoms with van der Waals surface area (Å²) in [6.45, 7) is 2.31. The van der Waals surface area contributed by atoms with E-state index in [4.69, 9.17) is 13.9 Å². The van der Waals surface area contributed by atoms with Crippen LogP contribution in [0.1, 0.15) is 29.1 Å². The molecule has 7 heteroatoms. The van der Waals surface area contributed by atoms with Crippen molar-refractivity contribution in [2.75, 3.05) is 33.4 Å². The molecule has 30 heavy (non-hydrogen) atoms. The molecule has 0 spiro atoms. The van der Waals surface area contributed by atoms with Crippen molar-refractivity contribution in [1.82, 2.24) is 9.88 Å². The third-order valence-corrected chi connectivity index (χ3v) is 5.29. The first-order chi connectivity index (χ1) is 14.6. The number of methoxy groups -OCH3 is 1. The molecule has 1 aliphatic rings. The maximum Gasteiger partial charge on any atom is 0.254 e. The van der Waals surface area contributed by atoms with Crippen LogP contribution in [0, 0.1) is 11.7 Å². The minimum Gasteiger partial charge on any atom is -0.493 e. The fourth-order valence-electron chi connectivity index (χ4n) is 3.74. The Morgan fingerprint density at radius 1 is 1.30 bits per heavy atom. The van der Waals surface area contributed by atoms with E-state index in [0.29, 0.717) is 55.5 Å². The van der Waals surface area contributed by atoms with Crippen LogP contribution in [0.5, 0.6) is 5.75 Å². The van der Waals surface area contributed by atoms with Gasteiger partial charge < -0.3 is 18.8 Å². The molecule has 0 N–H and O–H groups in total. The summed E-state index contributed by atoms with van der Waals surface area (Å²) in [7, 11) is 1.63. The molecule has 1 atom stereocenters. The molecule has 0 unspecified atom stereocenters. The summed E-state index contributed by atoms with van der Waals surface area (Å²) in [5, 5.41) is 0. The van der Waals surface area contributed by atoms with Gasteiger partial charge in [-0.25, -0.2) is 9.37 Å². The Bertz CT molecular complexity index is 1020. The number of amides is 1. The summed E-state index contributed by atoms with van der Waals surface area (Å²) in [5.74, 6) is 0.978. The number of fused-ring (bicyclic) bond motifs is 1. The quantitative estimate of drug-likeness (QED) is 0.585. The van der Waals surface area contributed by atoms with Gasteiger partial charge in [-0.2, -0.15) is 0 Å². The molecule has 1 aromatic heterocycles. The molecule has 158 valence electrons. The molecule has 0 aliphatic carbocycles. The fourth-order valence-corrected chi connectivity index (χ4v) is 3.74. The predicted molar refractivity (Wildman–Crippen MR) is 110 cm³/mol. The Morgan fingerprint density at radius 3 is 3.03 bits per heavy atom. The Balaban J connectivity index is 1.39. The van der Waals surface area contributed by atoms with Crippen molar-refractivity contribution < 1.29 is 23.1 Å². The van der Waals surface area contributed by atoms with Crippen molar-refractivity contribution in [1.29, 1.82) is 0 Å². The van der Waals surface area contributed by atoms with E-state index < -0.39 is 0 Å². The maximum atomic E-state index is 13.3. The van der Waals surface area contributed by atoms with Crippen molar-refractivity contribution in [3.05, 3.63) is 59.7 Å². The van der Waals surface area contributed by atoms with Crippen LogP contribution in [0.2, 0.25) is 0 Å². The predicted octanol–water partition coefficient (Wildman–Crippen LogP) is 4.09. The molecule has 4 rings (SSSR count). The van der Waals surface area contributed by atoms with E-state index in [1.165, 1.54) is 12.1 Å². The average molecular weight is 412 g/mol. The Labute approximate surface area is 174 Å². The summed E-state index contributed by atoms with van der Waals surface area (Å²) in [4.78, 5) is 19.3. The lowest BCUT2D eigenvalue weighted by molar-refractivity contribution is 0.0633. The van der Waals surface area contributed by atoms with Crippen molar-refractivity contribution in [2.24, 2.45) is 5.92 Å². The minimum atomic E-state index is -0.318. The number of hydrogen-bond donors (Lipinski definition) is 0. The minimum absolute atomic E-state index is 0.0257. The van der Waals surface area contributed by atoms with Crippen molar-refractivity contribution in [2.45, 2.75) is 19.3 Å². The average Bonchev–Trinajstić information content (AvgIpc) is 3.18. The molecule has 3 aromatic rings. The standard InChI is InChI=1S/C23H25FN2O4/c1-28-11-9-22-25-20-8-7-17(12-21(20)30-22)23(27)26-10-3-4-16(14-26)15-29-19-6-2-5-18(24)13-19/h2,5-8,12-13,16H,3-4,9-11,14-15H2,1H3/t16-/m0/s1. The molecular formula is C23H25FN2O4. The van der Waals surface area contributed by atoms with Crippen LogP contribution in [-0.4, -0.2) is 49.2 Å². The Kier molecular flexibility index (Phi) is 6.28. The van der Waals surface area contributed by atoms with Crippen LogP contribution >= 0.6 is 0 Å². The topological polar surface area (TPSA) is 64.8 Å². The lowest BCUT2D eigenvalue weighted by Gasteiger charge is -2.32. The van der Waals surface area contributed by atoms with Crippen LogP contribution in [0.25, 0.3) is 11.1 Å². The number of likely N-dealkylation sites (tertiary alicyclic amines) is 1. The fraction of sp³-hybridized carbons (Fsp3) is 0.391. The van der Waals surface area contributed by atoms with Crippen LogP contribution in [0.3, 0.4) is 0 Å². The molecule has 2 heterocycles. The number of nitrogens with zero attached hydrogens (tertiary/aromatic N) is 2. The third kappa shape index (κ3) is 4.79. The van der Waals surface area contributed by atoms with Gasteiger partial charge in [-0.15, -0.1) is 0 Å². The monoisotopic (exact) mass is 412 g/mol. The SMILES string of the molecule is COCCc1nc2ccc(C(=O)N3CCC[C@H](COc4cccc(F)c4)C3)cc2o1. The second-order valence-corrected chi connectivity index (χ2v) is 7.56. The van der Waals surface area contributed by atoms with Gasteiger partial charge in [0.2, 0.25) is 0 Å². The van der Waals surface area contributed by atoms with E-state index in [2.05, 4.69) is 4.98 Å². The number of ether oxygens (including phenoxy) is 2. The van der Waals surface area contributed by atoms with Gasteiger partial charge in [0.25, 0.3) is 5.91 Å². The van der Waals surface area contributed by atoms with Gasteiger partial charge in [0.05, 0.1) is 13.2 Å². The number of carbonyl (C=O) groups excluding carboxylic acids is 1. The second kappa shape index (κ2) is 9.26. The first-order valence-electron chi connectivity index (χ1n) is 10.2. The van der Waals surface area contributed by atoms with Gasteiger partial charge in [-0.05, 0) is 43.2 Å². The van der Waals surface area contributed by atoms with E-state index in [1.807, 2.05) is 11.0 Å². The van der Waals surface area contributed by atoms with Crippen LogP contribution in [0.4, 0.5) is 4.39 Å². The van der Waals surface area contributed by atoms with E-state index in [0.717, 1.165) is 18.4 Å². The van der Waals surface area contributed by atoms with Crippen LogP contribution in [-0.2, 0) is 11.2 Å². The lowest BCUT2D eigenvalue weighted by atomic mass is 9.98. The lowest BCUT2D eigenvalue weighted by Crippen LogP contribution is -2.41. The number of aromatic nitrogens is 1. The number of hydrogen-bond acceptors (Lipinski definition) is 5. The second-order valence-electron chi connectivity index (χ2n) is 7.56. The molecule has 1 aliphatic heterocycles. The third-order valence-electron chi connectivity index (χ3n) is 5.29. The summed E-state index contributed by atoms with van der Waals surface area (Å²) < 4.78 is 29.9. The highest BCUT2D eigenvalue weighted by molar-refractivity contribution is 5.97. The molecule has 6 nitrogen and oxygen atoms in total. The van der Waals surface area contributed by atoms with Gasteiger partial charge in [0.15, 0.2) is 11.5 Å².